The standard InChI is InChI=1S/C8H12N2O3/c1-6(13-9)8(11)10-5-7-3-2-4-12-7/h2-4,6H,5,9H2,1H3,(H,10,11). The normalized spacial score (nSPS) is 12.5. The molecule has 3 N–H and O–H groups in total. The first-order valence-electron chi connectivity index (χ1n) is 3.89. The summed E-state index contributed by atoms with van der Waals surface area (Å²) in [5.41, 5.74) is 0. The summed E-state index contributed by atoms with van der Waals surface area (Å²) in [7, 11) is 0. The summed E-state index contributed by atoms with van der Waals surface area (Å²) in [6.07, 6.45) is 0.902. The average molecular weight is 184 g/mol. The van der Waals surface area contributed by atoms with Crippen molar-refractivity contribution < 1.29 is 14.0 Å². The molecule has 0 aromatic carbocycles. The first-order chi connectivity index (χ1) is 6.24. The van der Waals surface area contributed by atoms with E-state index in [9.17, 15) is 4.79 Å². The van der Waals surface area contributed by atoms with Gasteiger partial charge in [-0.3, -0.25) is 9.63 Å². The Labute approximate surface area is 75.8 Å². The van der Waals surface area contributed by atoms with Gasteiger partial charge in [0.15, 0.2) is 6.10 Å². The SMILES string of the molecule is CC(ON)C(=O)NCc1ccco1. The molecule has 0 saturated heterocycles. The van der Waals surface area contributed by atoms with Crippen molar-refractivity contribution in [3.8, 4) is 0 Å². The van der Waals surface area contributed by atoms with Crippen LogP contribution in [0.25, 0.3) is 0 Å². The van der Waals surface area contributed by atoms with Crippen LogP contribution in [0.4, 0.5) is 0 Å². The van der Waals surface area contributed by atoms with Gasteiger partial charge < -0.3 is 9.73 Å². The minimum Gasteiger partial charge on any atom is -0.467 e. The van der Waals surface area contributed by atoms with E-state index < -0.39 is 6.10 Å². The highest BCUT2D eigenvalue weighted by Gasteiger charge is 2.11. The van der Waals surface area contributed by atoms with E-state index in [0.29, 0.717) is 12.3 Å². The van der Waals surface area contributed by atoms with Gasteiger partial charge in [-0.1, -0.05) is 0 Å². The Morgan fingerprint density at radius 1 is 1.85 bits per heavy atom. The fourth-order valence-electron chi connectivity index (χ4n) is 0.793. The van der Waals surface area contributed by atoms with Crippen LogP contribution in [0.1, 0.15) is 12.7 Å². The molecule has 5 nitrogen and oxygen atoms in total. The van der Waals surface area contributed by atoms with Gasteiger partial charge in [-0.15, -0.1) is 0 Å². The summed E-state index contributed by atoms with van der Waals surface area (Å²) in [5, 5.41) is 2.60. The Kier molecular flexibility index (Phi) is 3.48. The van der Waals surface area contributed by atoms with Crippen LogP contribution in [-0.4, -0.2) is 12.0 Å². The molecule has 1 unspecified atom stereocenters. The van der Waals surface area contributed by atoms with E-state index in [4.69, 9.17) is 10.3 Å². The lowest BCUT2D eigenvalue weighted by atomic mass is 10.3. The molecule has 13 heavy (non-hydrogen) atoms. The predicted molar refractivity (Wildman–Crippen MR) is 45.3 cm³/mol. The van der Waals surface area contributed by atoms with Gasteiger partial charge in [-0.2, -0.15) is 0 Å². The van der Waals surface area contributed by atoms with Gasteiger partial charge >= 0.3 is 0 Å². The Bertz CT molecular complexity index is 258. The van der Waals surface area contributed by atoms with Crippen LogP contribution in [-0.2, 0) is 16.2 Å². The molecule has 1 aromatic heterocycles. The van der Waals surface area contributed by atoms with Gasteiger partial charge in [0.2, 0.25) is 0 Å². The lowest BCUT2D eigenvalue weighted by molar-refractivity contribution is -0.132. The number of carbonyl (C=O) groups is 1. The van der Waals surface area contributed by atoms with Gasteiger partial charge in [0, 0.05) is 0 Å². The summed E-state index contributed by atoms with van der Waals surface area (Å²) in [5.74, 6) is 5.26. The Morgan fingerprint density at radius 2 is 2.62 bits per heavy atom. The zero-order valence-corrected chi connectivity index (χ0v) is 7.32. The molecule has 0 bridgehead atoms. The number of amides is 1. The van der Waals surface area contributed by atoms with E-state index in [1.807, 2.05) is 0 Å². The second-order valence-corrected chi connectivity index (χ2v) is 2.58. The predicted octanol–water partition coefficient (Wildman–Crippen LogP) is 0.175. The second-order valence-electron chi connectivity index (χ2n) is 2.58. The molecule has 0 aliphatic rings. The Morgan fingerprint density at radius 3 is 3.15 bits per heavy atom. The van der Waals surface area contributed by atoms with Crippen LogP contribution < -0.4 is 11.2 Å². The van der Waals surface area contributed by atoms with Gasteiger partial charge in [0.05, 0.1) is 12.8 Å². The van der Waals surface area contributed by atoms with Crippen LogP contribution >= 0.6 is 0 Å². The number of nitrogens with two attached hydrogens (primary N) is 1. The van der Waals surface area contributed by atoms with E-state index >= 15 is 0 Å². The van der Waals surface area contributed by atoms with Crippen molar-refractivity contribution in [1.29, 1.82) is 0 Å². The van der Waals surface area contributed by atoms with Crippen molar-refractivity contribution in [2.24, 2.45) is 5.90 Å². The zero-order chi connectivity index (χ0) is 9.68. The number of nitrogens with one attached hydrogen (secondary N) is 1. The highest BCUT2D eigenvalue weighted by atomic mass is 16.6. The average Bonchev–Trinajstić information content (AvgIpc) is 2.65. The number of furan rings is 1. The van der Waals surface area contributed by atoms with Gasteiger partial charge in [0.25, 0.3) is 5.91 Å². The van der Waals surface area contributed by atoms with Crippen molar-refractivity contribution in [3.63, 3.8) is 0 Å². The van der Waals surface area contributed by atoms with Crippen molar-refractivity contribution in [3.05, 3.63) is 24.2 Å². The number of carbonyl (C=O) groups excluding carboxylic acids is 1. The first-order valence-corrected chi connectivity index (χ1v) is 3.89. The molecule has 1 atom stereocenters. The smallest absolute Gasteiger partial charge is 0.251 e. The van der Waals surface area contributed by atoms with Gasteiger partial charge in [-0.25, -0.2) is 5.90 Å². The van der Waals surface area contributed by atoms with E-state index in [0.717, 1.165) is 0 Å². The summed E-state index contributed by atoms with van der Waals surface area (Å²) in [6, 6.07) is 3.53. The third-order valence-electron chi connectivity index (χ3n) is 1.59. The highest BCUT2D eigenvalue weighted by Crippen LogP contribution is 1.98. The summed E-state index contributed by atoms with van der Waals surface area (Å²) < 4.78 is 5.01. The monoisotopic (exact) mass is 184 g/mol. The first kappa shape index (κ1) is 9.76. The quantitative estimate of drug-likeness (QED) is 0.654. The Balaban J connectivity index is 2.31. The fraction of sp³-hybridized carbons (Fsp3) is 0.375. The summed E-state index contributed by atoms with van der Waals surface area (Å²) >= 11 is 0. The molecular formula is C8H12N2O3. The third kappa shape index (κ3) is 2.89. The molecule has 0 radical (unpaired) electrons. The molecule has 5 heteroatoms. The van der Waals surface area contributed by atoms with E-state index in [1.165, 1.54) is 0 Å². The minimum atomic E-state index is -0.644. The second kappa shape index (κ2) is 4.64. The highest BCUT2D eigenvalue weighted by molar-refractivity contribution is 5.80. The summed E-state index contributed by atoms with van der Waals surface area (Å²) in [4.78, 5) is 15.5. The maximum absolute atomic E-state index is 11.1. The molecule has 0 saturated carbocycles. The van der Waals surface area contributed by atoms with Crippen molar-refractivity contribution in [1.82, 2.24) is 5.32 Å². The molecule has 0 spiro atoms. The maximum atomic E-state index is 11.1. The molecule has 72 valence electrons. The number of rotatable bonds is 4. The summed E-state index contributed by atoms with van der Waals surface area (Å²) in [6.45, 7) is 1.91. The Hall–Kier alpha value is -1.33. The zero-order valence-electron chi connectivity index (χ0n) is 7.32. The van der Waals surface area contributed by atoms with E-state index in [1.54, 1.807) is 25.3 Å². The lowest BCUT2D eigenvalue weighted by Crippen LogP contribution is -2.35. The molecule has 1 amide bonds. The number of hydrogen-bond donors (Lipinski definition) is 2. The van der Waals surface area contributed by atoms with Crippen LogP contribution in [0.2, 0.25) is 0 Å². The minimum absolute atomic E-state index is 0.265. The molecule has 0 fully saturated rings. The van der Waals surface area contributed by atoms with Crippen LogP contribution in [0, 0.1) is 0 Å². The maximum Gasteiger partial charge on any atom is 0.251 e. The van der Waals surface area contributed by atoms with E-state index in [2.05, 4.69) is 10.2 Å². The van der Waals surface area contributed by atoms with Gasteiger partial charge in [-0.05, 0) is 19.1 Å². The number of hydrogen-bond acceptors (Lipinski definition) is 4. The topological polar surface area (TPSA) is 77.5 Å². The molecule has 0 aliphatic heterocycles. The van der Waals surface area contributed by atoms with Gasteiger partial charge in [0.1, 0.15) is 5.76 Å². The van der Waals surface area contributed by atoms with Crippen molar-refractivity contribution in [2.45, 2.75) is 19.6 Å². The molecular weight excluding hydrogens is 172 g/mol. The molecule has 1 aromatic rings. The van der Waals surface area contributed by atoms with Crippen LogP contribution in [0.3, 0.4) is 0 Å². The van der Waals surface area contributed by atoms with Crippen LogP contribution in [0.5, 0.6) is 0 Å². The largest absolute Gasteiger partial charge is 0.467 e. The molecule has 1 heterocycles. The van der Waals surface area contributed by atoms with E-state index in [-0.39, 0.29) is 5.91 Å². The van der Waals surface area contributed by atoms with Crippen molar-refractivity contribution in [2.75, 3.05) is 0 Å². The molecule has 1 rings (SSSR count). The lowest BCUT2D eigenvalue weighted by Gasteiger charge is -2.07. The molecule has 0 aliphatic carbocycles. The fourth-order valence-corrected chi connectivity index (χ4v) is 0.793. The van der Waals surface area contributed by atoms with Crippen LogP contribution in [0.15, 0.2) is 22.8 Å². The van der Waals surface area contributed by atoms with Crippen molar-refractivity contribution >= 4 is 5.91 Å². The third-order valence-corrected chi connectivity index (χ3v) is 1.59.